The first-order valence-electron chi connectivity index (χ1n) is 7.27. The molecule has 7 nitrogen and oxygen atoms in total. The van der Waals surface area contributed by atoms with Crippen molar-refractivity contribution in [1.29, 1.82) is 0 Å². The molecule has 0 spiro atoms. The average Bonchev–Trinajstić information content (AvgIpc) is 2.59. The van der Waals surface area contributed by atoms with Crippen LogP contribution >= 0.6 is 11.6 Å². The molecular formula is C17H17ClN2O5. The largest absolute Gasteiger partial charge is 0.493 e. The summed E-state index contributed by atoms with van der Waals surface area (Å²) in [5.41, 5.74) is 0.388. The fourth-order valence-corrected chi connectivity index (χ4v) is 2.59. The third-order valence-electron chi connectivity index (χ3n) is 3.58. The van der Waals surface area contributed by atoms with Crippen LogP contribution in [0.1, 0.15) is 15.9 Å². The molecule has 0 unspecified atom stereocenters. The van der Waals surface area contributed by atoms with Crippen molar-refractivity contribution in [2.45, 2.75) is 6.54 Å². The van der Waals surface area contributed by atoms with E-state index in [0.717, 1.165) is 5.56 Å². The normalized spacial score (nSPS) is 10.2. The smallest absolute Gasteiger partial charge is 0.286 e. The predicted octanol–water partition coefficient (Wildman–Crippen LogP) is 3.54. The van der Waals surface area contributed by atoms with Crippen LogP contribution < -0.4 is 9.47 Å². The highest BCUT2D eigenvalue weighted by molar-refractivity contribution is 6.30. The Morgan fingerprint density at radius 3 is 2.40 bits per heavy atom. The van der Waals surface area contributed by atoms with Gasteiger partial charge in [0.15, 0.2) is 11.5 Å². The average molecular weight is 365 g/mol. The van der Waals surface area contributed by atoms with Crippen molar-refractivity contribution in [3.8, 4) is 11.5 Å². The third-order valence-corrected chi connectivity index (χ3v) is 3.82. The number of nitro groups is 1. The van der Waals surface area contributed by atoms with Gasteiger partial charge in [0.25, 0.3) is 11.6 Å². The minimum Gasteiger partial charge on any atom is -0.493 e. The summed E-state index contributed by atoms with van der Waals surface area (Å²) >= 11 is 5.94. The number of hydrogen-bond acceptors (Lipinski definition) is 5. The summed E-state index contributed by atoms with van der Waals surface area (Å²) in [5, 5.41) is 11.9. The molecule has 0 aliphatic rings. The highest BCUT2D eigenvalue weighted by atomic mass is 35.5. The molecule has 2 aromatic rings. The maximum atomic E-state index is 12.7. The van der Waals surface area contributed by atoms with Crippen LogP contribution in [0.5, 0.6) is 11.5 Å². The van der Waals surface area contributed by atoms with Crippen LogP contribution in [-0.4, -0.2) is 37.0 Å². The van der Waals surface area contributed by atoms with E-state index in [1.165, 1.54) is 31.3 Å². The lowest BCUT2D eigenvalue weighted by Crippen LogP contribution is -2.27. The molecule has 25 heavy (non-hydrogen) atoms. The number of nitro benzene ring substituents is 1. The molecule has 0 aromatic heterocycles. The van der Waals surface area contributed by atoms with E-state index >= 15 is 0 Å². The van der Waals surface area contributed by atoms with E-state index in [4.69, 9.17) is 21.1 Å². The summed E-state index contributed by atoms with van der Waals surface area (Å²) in [6.45, 7) is 0.255. The van der Waals surface area contributed by atoms with E-state index in [9.17, 15) is 14.9 Å². The first-order chi connectivity index (χ1) is 11.9. The zero-order valence-corrected chi connectivity index (χ0v) is 14.7. The maximum Gasteiger partial charge on any atom is 0.286 e. The Hall–Kier alpha value is -2.80. The van der Waals surface area contributed by atoms with Crippen molar-refractivity contribution in [3.05, 3.63) is 62.7 Å². The van der Waals surface area contributed by atoms with Crippen LogP contribution in [0.15, 0.2) is 36.4 Å². The summed E-state index contributed by atoms with van der Waals surface area (Å²) in [7, 11) is 4.33. The summed E-state index contributed by atoms with van der Waals surface area (Å²) < 4.78 is 10.2. The first kappa shape index (κ1) is 18.5. The van der Waals surface area contributed by atoms with Gasteiger partial charge in [-0.2, -0.15) is 0 Å². The van der Waals surface area contributed by atoms with E-state index in [1.807, 2.05) is 6.07 Å². The van der Waals surface area contributed by atoms with Gasteiger partial charge in [-0.15, -0.1) is 0 Å². The van der Waals surface area contributed by atoms with Crippen LogP contribution in [0.4, 0.5) is 5.69 Å². The van der Waals surface area contributed by atoms with Gasteiger partial charge in [0.1, 0.15) is 5.56 Å². The number of ether oxygens (including phenoxy) is 2. The van der Waals surface area contributed by atoms with Gasteiger partial charge in [-0.3, -0.25) is 14.9 Å². The number of rotatable bonds is 6. The first-order valence-corrected chi connectivity index (χ1v) is 7.65. The van der Waals surface area contributed by atoms with E-state index < -0.39 is 10.8 Å². The molecule has 0 heterocycles. The molecule has 0 aliphatic heterocycles. The molecule has 0 saturated heterocycles. The van der Waals surface area contributed by atoms with Crippen molar-refractivity contribution < 1.29 is 19.2 Å². The summed E-state index contributed by atoms with van der Waals surface area (Å²) in [5.74, 6) is -0.0801. The van der Waals surface area contributed by atoms with Gasteiger partial charge in [-0.1, -0.05) is 23.7 Å². The molecule has 0 atom stereocenters. The molecule has 2 rings (SSSR count). The van der Waals surface area contributed by atoms with Crippen molar-refractivity contribution in [2.75, 3.05) is 21.3 Å². The number of hydrogen-bond donors (Lipinski definition) is 0. The Kier molecular flexibility index (Phi) is 5.82. The summed E-state index contributed by atoms with van der Waals surface area (Å²) in [6, 6.07) is 9.54. The van der Waals surface area contributed by atoms with E-state index in [0.29, 0.717) is 5.02 Å². The topological polar surface area (TPSA) is 81.9 Å². The number of methoxy groups -OCH3 is 2. The van der Waals surface area contributed by atoms with E-state index in [-0.39, 0.29) is 29.3 Å². The lowest BCUT2D eigenvalue weighted by molar-refractivity contribution is -0.385. The van der Waals surface area contributed by atoms with E-state index in [2.05, 4.69) is 0 Å². The quantitative estimate of drug-likeness (QED) is 0.578. The molecule has 0 aliphatic carbocycles. The summed E-state index contributed by atoms with van der Waals surface area (Å²) in [6.07, 6.45) is 0. The van der Waals surface area contributed by atoms with Gasteiger partial charge in [-0.25, -0.2) is 0 Å². The van der Waals surface area contributed by atoms with Gasteiger partial charge in [-0.05, 0) is 17.7 Å². The third kappa shape index (κ3) is 4.19. The SMILES string of the molecule is COc1cc(C(=O)N(C)Cc2cccc(Cl)c2)c([N+](=O)[O-])cc1OC. The highest BCUT2D eigenvalue weighted by Crippen LogP contribution is 2.35. The second kappa shape index (κ2) is 7.85. The minimum absolute atomic E-state index is 0.0767. The van der Waals surface area contributed by atoms with Crippen molar-refractivity contribution in [2.24, 2.45) is 0 Å². The minimum atomic E-state index is -0.623. The Labute approximate surface area is 149 Å². The van der Waals surface area contributed by atoms with Crippen molar-refractivity contribution in [3.63, 3.8) is 0 Å². The van der Waals surface area contributed by atoms with Gasteiger partial charge in [0.2, 0.25) is 0 Å². The Balaban J connectivity index is 2.38. The fraction of sp³-hybridized carbons (Fsp3) is 0.235. The highest BCUT2D eigenvalue weighted by Gasteiger charge is 2.26. The van der Waals surface area contributed by atoms with Crippen LogP contribution in [0.3, 0.4) is 0 Å². The van der Waals surface area contributed by atoms with Crippen LogP contribution in [-0.2, 0) is 6.54 Å². The number of carbonyl (C=O) groups excluding carboxylic acids is 1. The molecule has 0 saturated carbocycles. The van der Waals surface area contributed by atoms with Gasteiger partial charge in [0.05, 0.1) is 25.2 Å². The molecular weight excluding hydrogens is 348 g/mol. The Morgan fingerprint density at radius 2 is 1.84 bits per heavy atom. The van der Waals surface area contributed by atoms with Crippen LogP contribution in [0, 0.1) is 10.1 Å². The molecule has 0 radical (unpaired) electrons. The molecule has 132 valence electrons. The zero-order valence-electron chi connectivity index (χ0n) is 14.0. The van der Waals surface area contributed by atoms with Gasteiger partial charge in [0, 0.05) is 24.7 Å². The monoisotopic (exact) mass is 364 g/mol. The number of benzene rings is 2. The second-order valence-corrected chi connectivity index (χ2v) is 5.71. The van der Waals surface area contributed by atoms with E-state index in [1.54, 1.807) is 25.2 Å². The lowest BCUT2D eigenvalue weighted by Gasteiger charge is -2.18. The van der Waals surface area contributed by atoms with Gasteiger partial charge >= 0.3 is 0 Å². The van der Waals surface area contributed by atoms with Crippen LogP contribution in [0.2, 0.25) is 5.02 Å². The molecule has 0 bridgehead atoms. The molecule has 0 fully saturated rings. The molecule has 8 heteroatoms. The van der Waals surface area contributed by atoms with Gasteiger partial charge < -0.3 is 14.4 Å². The fourth-order valence-electron chi connectivity index (χ4n) is 2.38. The zero-order chi connectivity index (χ0) is 18.6. The Bertz CT molecular complexity index is 810. The molecule has 0 N–H and O–H groups in total. The molecule has 1 amide bonds. The number of halogens is 1. The molecule has 2 aromatic carbocycles. The summed E-state index contributed by atoms with van der Waals surface area (Å²) in [4.78, 5) is 24.8. The van der Waals surface area contributed by atoms with Crippen molar-refractivity contribution in [1.82, 2.24) is 4.90 Å². The Morgan fingerprint density at radius 1 is 1.20 bits per heavy atom. The number of carbonyl (C=O) groups is 1. The second-order valence-electron chi connectivity index (χ2n) is 5.27. The maximum absolute atomic E-state index is 12.7. The standard InChI is InChI=1S/C17H17ClN2O5/c1-19(10-11-5-4-6-12(18)7-11)17(21)13-8-15(24-2)16(25-3)9-14(13)20(22)23/h4-9H,10H2,1-3H3. The van der Waals surface area contributed by atoms with Crippen molar-refractivity contribution >= 4 is 23.2 Å². The number of amides is 1. The lowest BCUT2D eigenvalue weighted by atomic mass is 10.1. The predicted molar refractivity (Wildman–Crippen MR) is 93.4 cm³/mol. The number of nitrogens with zero attached hydrogens (tertiary/aromatic N) is 2. The van der Waals surface area contributed by atoms with Crippen LogP contribution in [0.25, 0.3) is 0 Å².